The average molecular weight is 384 g/mol. The highest BCUT2D eigenvalue weighted by Crippen LogP contribution is 2.24. The first-order valence-electron chi connectivity index (χ1n) is 8.06. The average Bonchev–Trinajstić information content (AvgIpc) is 2.67. The number of nitro groups is 1. The largest absolute Gasteiger partial charge is 0.325 e. The molecule has 2 aromatic carbocycles. The number of aryl methyl sites for hydroxylation is 1. The fraction of sp³-hybridized carbons (Fsp3) is 0.167. The molecule has 9 heteroatoms. The van der Waals surface area contributed by atoms with E-state index < -0.39 is 4.92 Å². The van der Waals surface area contributed by atoms with Crippen molar-refractivity contribution in [3.8, 4) is 0 Å². The Bertz CT molecular complexity index is 1080. The summed E-state index contributed by atoms with van der Waals surface area (Å²) in [6.45, 7) is 0.159. The van der Waals surface area contributed by atoms with Crippen LogP contribution in [-0.2, 0) is 11.3 Å². The number of para-hydroxylation sites is 1. The van der Waals surface area contributed by atoms with Gasteiger partial charge in [0, 0.05) is 30.0 Å². The van der Waals surface area contributed by atoms with Crippen LogP contribution in [0.1, 0.15) is 6.42 Å². The SMILES string of the molecule is CSc1ccccc1NC(=O)CCn1cnc2cc([N+](=O)[O-])ccc2c1=O. The molecule has 0 unspecified atom stereocenters. The minimum Gasteiger partial charge on any atom is -0.325 e. The Labute approximate surface area is 158 Å². The molecule has 0 fully saturated rings. The lowest BCUT2D eigenvalue weighted by Gasteiger charge is -2.10. The minimum absolute atomic E-state index is 0.1000. The van der Waals surface area contributed by atoms with Crippen molar-refractivity contribution in [2.45, 2.75) is 17.9 Å². The number of hydrogen-bond acceptors (Lipinski definition) is 6. The van der Waals surface area contributed by atoms with Crippen LogP contribution < -0.4 is 10.9 Å². The van der Waals surface area contributed by atoms with Gasteiger partial charge < -0.3 is 5.32 Å². The van der Waals surface area contributed by atoms with E-state index >= 15 is 0 Å². The number of nitrogens with zero attached hydrogens (tertiary/aromatic N) is 3. The van der Waals surface area contributed by atoms with Crippen LogP contribution in [0.5, 0.6) is 0 Å². The van der Waals surface area contributed by atoms with E-state index in [0.717, 1.165) is 10.6 Å². The third-order valence-electron chi connectivity index (χ3n) is 3.98. The maximum atomic E-state index is 12.5. The molecule has 0 saturated heterocycles. The second kappa shape index (κ2) is 8.00. The molecular formula is C18H16N4O4S. The Hall–Kier alpha value is -3.20. The van der Waals surface area contributed by atoms with E-state index in [-0.39, 0.29) is 41.0 Å². The third-order valence-corrected chi connectivity index (χ3v) is 4.78. The van der Waals surface area contributed by atoms with Crippen molar-refractivity contribution < 1.29 is 9.72 Å². The number of aromatic nitrogens is 2. The first-order valence-corrected chi connectivity index (χ1v) is 9.28. The summed E-state index contributed by atoms with van der Waals surface area (Å²) in [6, 6.07) is 11.4. The summed E-state index contributed by atoms with van der Waals surface area (Å²) < 4.78 is 1.33. The molecule has 27 heavy (non-hydrogen) atoms. The molecule has 0 aliphatic rings. The quantitative estimate of drug-likeness (QED) is 0.398. The highest BCUT2D eigenvalue weighted by molar-refractivity contribution is 7.98. The highest BCUT2D eigenvalue weighted by atomic mass is 32.2. The van der Waals surface area contributed by atoms with Gasteiger partial charge in [-0.25, -0.2) is 4.98 Å². The lowest BCUT2D eigenvalue weighted by molar-refractivity contribution is -0.384. The summed E-state index contributed by atoms with van der Waals surface area (Å²) in [4.78, 5) is 40.0. The standard InChI is InChI=1S/C18H16N4O4S/c1-27-16-5-3-2-4-14(16)20-17(23)8-9-21-11-19-15-10-12(22(25)26)6-7-13(15)18(21)24/h2-7,10-11H,8-9H2,1H3,(H,20,23). The van der Waals surface area contributed by atoms with Crippen molar-refractivity contribution >= 4 is 39.9 Å². The number of rotatable bonds is 6. The fourth-order valence-electron chi connectivity index (χ4n) is 2.60. The monoisotopic (exact) mass is 384 g/mol. The molecule has 8 nitrogen and oxygen atoms in total. The molecule has 1 N–H and O–H groups in total. The maximum absolute atomic E-state index is 12.5. The molecule has 1 aromatic heterocycles. The Morgan fingerprint density at radius 2 is 2.07 bits per heavy atom. The van der Waals surface area contributed by atoms with Crippen LogP contribution in [0.25, 0.3) is 10.9 Å². The summed E-state index contributed by atoms with van der Waals surface area (Å²) in [7, 11) is 0. The van der Waals surface area contributed by atoms with E-state index in [2.05, 4.69) is 10.3 Å². The number of anilines is 1. The number of nitrogens with one attached hydrogen (secondary N) is 1. The van der Waals surface area contributed by atoms with Crippen LogP contribution >= 0.6 is 11.8 Å². The van der Waals surface area contributed by atoms with Crippen LogP contribution in [0.2, 0.25) is 0 Å². The summed E-state index contributed by atoms with van der Waals surface area (Å²) in [6.07, 6.45) is 3.33. The van der Waals surface area contributed by atoms with E-state index in [4.69, 9.17) is 0 Å². The van der Waals surface area contributed by atoms with Gasteiger partial charge in [-0.2, -0.15) is 0 Å². The smallest absolute Gasteiger partial charge is 0.271 e. The van der Waals surface area contributed by atoms with Gasteiger partial charge in [-0.15, -0.1) is 11.8 Å². The Kier molecular flexibility index (Phi) is 5.51. The van der Waals surface area contributed by atoms with Crippen LogP contribution in [0.15, 0.2) is 58.5 Å². The van der Waals surface area contributed by atoms with Crippen LogP contribution in [0.4, 0.5) is 11.4 Å². The van der Waals surface area contributed by atoms with Gasteiger partial charge in [0.25, 0.3) is 11.2 Å². The number of fused-ring (bicyclic) bond motifs is 1. The number of non-ortho nitro benzene ring substituents is 1. The van der Waals surface area contributed by atoms with Crippen molar-refractivity contribution in [3.63, 3.8) is 0 Å². The number of benzene rings is 2. The van der Waals surface area contributed by atoms with Gasteiger partial charge in [0.05, 0.1) is 27.8 Å². The van der Waals surface area contributed by atoms with Gasteiger partial charge in [-0.05, 0) is 24.5 Å². The molecule has 3 rings (SSSR count). The summed E-state index contributed by atoms with van der Waals surface area (Å²) in [5.74, 6) is -0.216. The number of amides is 1. The van der Waals surface area contributed by atoms with E-state index in [0.29, 0.717) is 0 Å². The highest BCUT2D eigenvalue weighted by Gasteiger charge is 2.12. The molecule has 1 heterocycles. The first-order chi connectivity index (χ1) is 13.0. The number of thioether (sulfide) groups is 1. The van der Waals surface area contributed by atoms with E-state index in [1.807, 2.05) is 30.5 Å². The molecule has 0 bridgehead atoms. The molecule has 3 aromatic rings. The molecule has 0 aliphatic carbocycles. The van der Waals surface area contributed by atoms with Gasteiger partial charge >= 0.3 is 0 Å². The molecule has 0 spiro atoms. The van der Waals surface area contributed by atoms with E-state index in [1.54, 1.807) is 0 Å². The van der Waals surface area contributed by atoms with Crippen molar-refractivity contribution in [2.24, 2.45) is 0 Å². The topological polar surface area (TPSA) is 107 Å². The summed E-state index contributed by atoms with van der Waals surface area (Å²) in [5, 5.41) is 13.9. The summed E-state index contributed by atoms with van der Waals surface area (Å²) >= 11 is 1.53. The Balaban J connectivity index is 1.74. The third kappa shape index (κ3) is 4.14. The minimum atomic E-state index is -0.538. The first kappa shape index (κ1) is 18.6. The van der Waals surface area contributed by atoms with Crippen molar-refractivity contribution in [2.75, 3.05) is 11.6 Å². The molecular weight excluding hydrogens is 368 g/mol. The van der Waals surface area contributed by atoms with Gasteiger partial charge in [0.1, 0.15) is 0 Å². The molecule has 1 amide bonds. The summed E-state index contributed by atoms with van der Waals surface area (Å²) in [5.41, 5.74) is 0.515. The zero-order chi connectivity index (χ0) is 19.4. The molecule has 0 atom stereocenters. The Morgan fingerprint density at radius 3 is 2.81 bits per heavy atom. The van der Waals surface area contributed by atoms with Crippen molar-refractivity contribution in [1.29, 1.82) is 0 Å². The Morgan fingerprint density at radius 1 is 1.30 bits per heavy atom. The lowest BCUT2D eigenvalue weighted by atomic mass is 10.2. The van der Waals surface area contributed by atoms with Crippen molar-refractivity contribution in [3.05, 3.63) is 69.3 Å². The molecule has 0 saturated carbocycles. The van der Waals surface area contributed by atoms with Crippen LogP contribution in [0.3, 0.4) is 0 Å². The second-order valence-electron chi connectivity index (χ2n) is 5.70. The number of hydrogen-bond donors (Lipinski definition) is 1. The van der Waals surface area contributed by atoms with Crippen molar-refractivity contribution in [1.82, 2.24) is 9.55 Å². The van der Waals surface area contributed by atoms with Gasteiger partial charge in [-0.1, -0.05) is 12.1 Å². The van der Waals surface area contributed by atoms with E-state index in [9.17, 15) is 19.7 Å². The van der Waals surface area contributed by atoms with Crippen LogP contribution in [-0.4, -0.2) is 26.6 Å². The normalized spacial score (nSPS) is 10.7. The van der Waals surface area contributed by atoms with Gasteiger partial charge in [0.2, 0.25) is 5.91 Å². The van der Waals surface area contributed by atoms with E-state index in [1.165, 1.54) is 40.9 Å². The number of carbonyl (C=O) groups excluding carboxylic acids is 1. The predicted molar refractivity (Wildman–Crippen MR) is 104 cm³/mol. The number of nitro benzene ring substituents is 1. The zero-order valence-corrected chi connectivity index (χ0v) is 15.2. The molecule has 138 valence electrons. The fourth-order valence-corrected chi connectivity index (χ4v) is 3.16. The van der Waals surface area contributed by atoms with Crippen LogP contribution in [0, 0.1) is 10.1 Å². The lowest BCUT2D eigenvalue weighted by Crippen LogP contribution is -2.23. The van der Waals surface area contributed by atoms with Gasteiger partial charge in [0.15, 0.2) is 0 Å². The van der Waals surface area contributed by atoms with Gasteiger partial charge in [-0.3, -0.25) is 24.3 Å². The maximum Gasteiger partial charge on any atom is 0.271 e. The molecule has 0 radical (unpaired) electrons. The number of carbonyl (C=O) groups is 1. The predicted octanol–water partition coefficient (Wildman–Crippen LogP) is 3.06. The zero-order valence-electron chi connectivity index (χ0n) is 14.4. The molecule has 0 aliphatic heterocycles. The second-order valence-corrected chi connectivity index (χ2v) is 6.55.